The third-order valence-electron chi connectivity index (χ3n) is 2.91. The molecule has 0 spiro atoms. The van der Waals surface area contributed by atoms with Gasteiger partial charge < -0.3 is 4.74 Å². The Morgan fingerprint density at radius 2 is 2.33 bits per heavy atom. The molecule has 94 valence electrons. The average Bonchev–Trinajstić information content (AvgIpc) is 2.93. The second-order valence-electron chi connectivity index (χ2n) is 4.15. The Hall–Kier alpha value is -1.37. The Balaban J connectivity index is 1.65. The highest BCUT2D eigenvalue weighted by molar-refractivity contribution is 7.09. The number of thiazole rings is 1. The largest absolute Gasteiger partial charge is 0.369 e. The molecule has 1 aliphatic heterocycles. The van der Waals surface area contributed by atoms with E-state index in [2.05, 4.69) is 19.9 Å². The number of morpholine rings is 1. The lowest BCUT2D eigenvalue weighted by molar-refractivity contribution is -0.0351. The van der Waals surface area contributed by atoms with Gasteiger partial charge in [-0.05, 0) is 0 Å². The zero-order valence-electron chi connectivity index (χ0n) is 9.90. The molecule has 0 N–H and O–H groups in total. The van der Waals surface area contributed by atoms with E-state index in [4.69, 9.17) is 4.74 Å². The molecule has 0 aliphatic carbocycles. The van der Waals surface area contributed by atoms with Crippen LogP contribution >= 0.6 is 11.3 Å². The van der Waals surface area contributed by atoms with Crippen LogP contribution in [0.5, 0.6) is 0 Å². The van der Waals surface area contributed by atoms with Gasteiger partial charge in [0.2, 0.25) is 0 Å². The Labute approximate surface area is 109 Å². The molecule has 0 aromatic carbocycles. The Morgan fingerprint density at radius 3 is 3.11 bits per heavy atom. The fourth-order valence-corrected chi connectivity index (χ4v) is 2.68. The van der Waals surface area contributed by atoms with Gasteiger partial charge in [0.05, 0.1) is 25.0 Å². The van der Waals surface area contributed by atoms with Crippen molar-refractivity contribution in [1.29, 1.82) is 0 Å². The van der Waals surface area contributed by atoms with Crippen molar-refractivity contribution in [2.75, 3.05) is 19.7 Å². The van der Waals surface area contributed by atoms with Crippen LogP contribution in [0, 0.1) is 0 Å². The van der Waals surface area contributed by atoms with Crippen LogP contribution in [0.2, 0.25) is 0 Å². The first-order valence-electron chi connectivity index (χ1n) is 5.90. The molecule has 18 heavy (non-hydrogen) atoms. The summed E-state index contributed by atoms with van der Waals surface area (Å²) in [5.41, 5.74) is 0.904. The van der Waals surface area contributed by atoms with Gasteiger partial charge in [0.1, 0.15) is 11.1 Å². The van der Waals surface area contributed by atoms with Crippen LogP contribution < -0.4 is 0 Å². The standard InChI is InChI=1S/C12H14N4OS/c1-2-14-10(7-13-1)11-8-16(4-5-17-11)9-12-15-3-6-18-12/h1-3,6-7,11H,4-5,8-9H2. The van der Waals surface area contributed by atoms with Crippen molar-refractivity contribution in [2.24, 2.45) is 0 Å². The van der Waals surface area contributed by atoms with Gasteiger partial charge in [-0.25, -0.2) is 4.98 Å². The van der Waals surface area contributed by atoms with Gasteiger partial charge in [-0.15, -0.1) is 11.3 Å². The van der Waals surface area contributed by atoms with Gasteiger partial charge in [-0.1, -0.05) is 0 Å². The van der Waals surface area contributed by atoms with Crippen molar-refractivity contribution >= 4 is 11.3 Å². The molecule has 2 aromatic rings. The molecule has 3 heterocycles. The smallest absolute Gasteiger partial charge is 0.114 e. The van der Waals surface area contributed by atoms with Crippen LogP contribution in [0.15, 0.2) is 30.2 Å². The molecule has 0 saturated carbocycles. The summed E-state index contributed by atoms with van der Waals surface area (Å²) in [5, 5.41) is 3.16. The third kappa shape index (κ3) is 2.72. The molecule has 2 aromatic heterocycles. The Bertz CT molecular complexity index is 476. The second-order valence-corrected chi connectivity index (χ2v) is 5.13. The van der Waals surface area contributed by atoms with Crippen LogP contribution in [-0.2, 0) is 11.3 Å². The highest BCUT2D eigenvalue weighted by Gasteiger charge is 2.23. The van der Waals surface area contributed by atoms with E-state index in [0.29, 0.717) is 0 Å². The predicted octanol–water partition coefficient (Wildman–Crippen LogP) is 1.51. The van der Waals surface area contributed by atoms with Crippen LogP contribution in [0.25, 0.3) is 0 Å². The van der Waals surface area contributed by atoms with E-state index in [1.54, 1.807) is 29.9 Å². The summed E-state index contributed by atoms with van der Waals surface area (Å²) < 4.78 is 5.75. The second kappa shape index (κ2) is 5.51. The minimum atomic E-state index is 0.0208. The third-order valence-corrected chi connectivity index (χ3v) is 3.67. The maximum atomic E-state index is 5.75. The molecule has 0 amide bonds. The number of aromatic nitrogens is 3. The van der Waals surface area contributed by atoms with Crippen LogP contribution in [-0.4, -0.2) is 39.5 Å². The van der Waals surface area contributed by atoms with Gasteiger partial charge in [0.15, 0.2) is 0 Å². The number of rotatable bonds is 3. The molecular weight excluding hydrogens is 248 g/mol. The molecule has 1 aliphatic rings. The van der Waals surface area contributed by atoms with Crippen molar-refractivity contribution in [3.05, 3.63) is 40.9 Å². The first-order valence-corrected chi connectivity index (χ1v) is 6.78. The molecule has 1 atom stereocenters. The van der Waals surface area contributed by atoms with Gasteiger partial charge in [-0.2, -0.15) is 0 Å². The fourth-order valence-electron chi connectivity index (χ4n) is 2.02. The van der Waals surface area contributed by atoms with E-state index in [-0.39, 0.29) is 6.10 Å². The first-order chi connectivity index (χ1) is 8.92. The molecule has 1 fully saturated rings. The summed E-state index contributed by atoms with van der Waals surface area (Å²) in [7, 11) is 0. The summed E-state index contributed by atoms with van der Waals surface area (Å²) in [4.78, 5) is 15.1. The van der Waals surface area contributed by atoms with Crippen molar-refractivity contribution in [2.45, 2.75) is 12.6 Å². The van der Waals surface area contributed by atoms with E-state index < -0.39 is 0 Å². The number of hydrogen-bond donors (Lipinski definition) is 0. The predicted molar refractivity (Wildman–Crippen MR) is 68.1 cm³/mol. The number of nitrogens with zero attached hydrogens (tertiary/aromatic N) is 4. The topological polar surface area (TPSA) is 51.1 Å². The van der Waals surface area contributed by atoms with E-state index in [1.165, 1.54) is 0 Å². The van der Waals surface area contributed by atoms with Gasteiger partial charge in [0.25, 0.3) is 0 Å². The summed E-state index contributed by atoms with van der Waals surface area (Å²) in [6.07, 6.45) is 7.03. The quantitative estimate of drug-likeness (QED) is 0.839. The molecule has 3 rings (SSSR count). The molecule has 1 unspecified atom stereocenters. The van der Waals surface area contributed by atoms with Crippen molar-refractivity contribution in [3.8, 4) is 0 Å². The summed E-state index contributed by atoms with van der Waals surface area (Å²) in [5.74, 6) is 0. The average molecular weight is 262 g/mol. The molecule has 0 radical (unpaired) electrons. The zero-order chi connectivity index (χ0) is 12.2. The maximum Gasteiger partial charge on any atom is 0.114 e. The maximum absolute atomic E-state index is 5.75. The minimum absolute atomic E-state index is 0.0208. The summed E-state index contributed by atoms with van der Waals surface area (Å²) >= 11 is 1.69. The monoisotopic (exact) mass is 262 g/mol. The fraction of sp³-hybridized carbons (Fsp3) is 0.417. The summed E-state index contributed by atoms with van der Waals surface area (Å²) in [6, 6.07) is 0. The normalized spacial score (nSPS) is 21.0. The molecule has 0 bridgehead atoms. The van der Waals surface area contributed by atoms with Crippen LogP contribution in [0.4, 0.5) is 0 Å². The lowest BCUT2D eigenvalue weighted by atomic mass is 10.2. The van der Waals surface area contributed by atoms with Crippen molar-refractivity contribution in [1.82, 2.24) is 19.9 Å². The van der Waals surface area contributed by atoms with Crippen LogP contribution in [0.1, 0.15) is 16.8 Å². The SMILES string of the molecule is c1cnc(C2CN(Cc3nccs3)CCO2)cn1. The zero-order valence-corrected chi connectivity index (χ0v) is 10.7. The highest BCUT2D eigenvalue weighted by atomic mass is 32.1. The summed E-state index contributed by atoms with van der Waals surface area (Å²) in [6.45, 7) is 3.40. The van der Waals surface area contributed by atoms with Gasteiger partial charge >= 0.3 is 0 Å². The Morgan fingerprint density at radius 1 is 1.33 bits per heavy atom. The van der Waals surface area contributed by atoms with Crippen molar-refractivity contribution in [3.63, 3.8) is 0 Å². The molecule has 1 saturated heterocycles. The minimum Gasteiger partial charge on any atom is -0.369 e. The highest BCUT2D eigenvalue weighted by Crippen LogP contribution is 2.21. The Kier molecular flexibility index (Phi) is 3.59. The lowest BCUT2D eigenvalue weighted by Gasteiger charge is -2.31. The van der Waals surface area contributed by atoms with E-state index in [1.807, 2.05) is 11.6 Å². The lowest BCUT2D eigenvalue weighted by Crippen LogP contribution is -2.38. The van der Waals surface area contributed by atoms with E-state index in [9.17, 15) is 0 Å². The van der Waals surface area contributed by atoms with Gasteiger partial charge in [-0.3, -0.25) is 14.9 Å². The number of ether oxygens (including phenoxy) is 1. The molecule has 6 heteroatoms. The van der Waals surface area contributed by atoms with Crippen molar-refractivity contribution < 1.29 is 4.74 Å². The van der Waals surface area contributed by atoms with E-state index in [0.717, 1.165) is 36.9 Å². The first kappa shape index (κ1) is 11.7. The van der Waals surface area contributed by atoms with Crippen LogP contribution in [0.3, 0.4) is 0 Å². The molecular formula is C12H14N4OS. The van der Waals surface area contributed by atoms with E-state index >= 15 is 0 Å². The van der Waals surface area contributed by atoms with Gasteiger partial charge in [0, 0.05) is 37.1 Å². The molecule has 5 nitrogen and oxygen atoms in total. The number of hydrogen-bond acceptors (Lipinski definition) is 6.